The second-order valence-corrected chi connectivity index (χ2v) is 7.22. The van der Waals surface area contributed by atoms with Crippen LogP contribution in [0.15, 0.2) is 47.4 Å². The van der Waals surface area contributed by atoms with Crippen molar-refractivity contribution in [2.24, 2.45) is 0 Å². The summed E-state index contributed by atoms with van der Waals surface area (Å²) in [6.07, 6.45) is -0.211. The van der Waals surface area contributed by atoms with Crippen molar-refractivity contribution in [1.29, 1.82) is 0 Å². The van der Waals surface area contributed by atoms with Gasteiger partial charge in [0.25, 0.3) is 0 Å². The summed E-state index contributed by atoms with van der Waals surface area (Å²) in [7, 11) is 1.54. The summed E-state index contributed by atoms with van der Waals surface area (Å²) in [6, 6.07) is 12.8. The number of ether oxygens (including phenoxy) is 1. The van der Waals surface area contributed by atoms with E-state index in [2.05, 4.69) is 0 Å². The normalized spacial score (nSPS) is 16.5. The molecule has 7 heteroatoms. The van der Waals surface area contributed by atoms with Crippen molar-refractivity contribution in [3.05, 3.63) is 53.1 Å². The molecular formula is C18H16ClNO4S. The minimum Gasteiger partial charge on any atom is -0.495 e. The molecule has 25 heavy (non-hydrogen) atoms. The van der Waals surface area contributed by atoms with Crippen LogP contribution in [0.25, 0.3) is 0 Å². The fraction of sp³-hybridized carbons (Fsp3) is 0.222. The predicted molar refractivity (Wildman–Crippen MR) is 97.5 cm³/mol. The van der Waals surface area contributed by atoms with Crippen LogP contribution in [-0.2, 0) is 16.1 Å². The molecule has 1 heterocycles. The third-order valence-corrected chi connectivity index (χ3v) is 5.43. The molecule has 130 valence electrons. The van der Waals surface area contributed by atoms with E-state index in [1.807, 2.05) is 30.3 Å². The number of carboxylic acid groups (broad SMARTS) is 1. The lowest BCUT2D eigenvalue weighted by atomic mass is 10.1. The van der Waals surface area contributed by atoms with Crippen molar-refractivity contribution in [3.63, 3.8) is 0 Å². The lowest BCUT2D eigenvalue weighted by Crippen LogP contribution is -2.41. The maximum absolute atomic E-state index is 12.8. The fourth-order valence-electron chi connectivity index (χ4n) is 2.72. The summed E-state index contributed by atoms with van der Waals surface area (Å²) in [4.78, 5) is 26.4. The van der Waals surface area contributed by atoms with Gasteiger partial charge in [0.05, 0.1) is 36.0 Å². The summed E-state index contributed by atoms with van der Waals surface area (Å²) >= 11 is 7.47. The van der Waals surface area contributed by atoms with Gasteiger partial charge in [0.2, 0.25) is 5.91 Å². The average molecular weight is 378 g/mol. The predicted octanol–water partition coefficient (Wildman–Crippen LogP) is 3.83. The van der Waals surface area contributed by atoms with Gasteiger partial charge in [-0.25, -0.2) is 0 Å². The monoisotopic (exact) mass is 377 g/mol. The number of fused-ring (bicyclic) bond motifs is 1. The lowest BCUT2D eigenvalue weighted by molar-refractivity contribution is -0.138. The highest BCUT2D eigenvalue weighted by Crippen LogP contribution is 2.41. The average Bonchev–Trinajstić information content (AvgIpc) is 2.58. The second-order valence-electron chi connectivity index (χ2n) is 5.57. The lowest BCUT2D eigenvalue weighted by Gasteiger charge is -2.33. The van der Waals surface area contributed by atoms with E-state index in [-0.39, 0.29) is 12.3 Å². The summed E-state index contributed by atoms with van der Waals surface area (Å²) in [5.74, 6) is -0.634. The molecule has 1 amide bonds. The zero-order chi connectivity index (χ0) is 18.0. The molecule has 2 aromatic carbocycles. The number of aliphatic carboxylic acids is 1. The van der Waals surface area contributed by atoms with Gasteiger partial charge >= 0.3 is 5.97 Å². The number of hydrogen-bond donors (Lipinski definition) is 1. The van der Waals surface area contributed by atoms with E-state index < -0.39 is 11.2 Å². The van der Waals surface area contributed by atoms with Crippen LogP contribution in [0.3, 0.4) is 0 Å². The van der Waals surface area contributed by atoms with E-state index in [0.29, 0.717) is 17.3 Å². The number of amides is 1. The number of carboxylic acids is 1. The molecule has 0 aromatic heterocycles. The Morgan fingerprint density at radius 1 is 1.32 bits per heavy atom. The number of halogens is 1. The van der Waals surface area contributed by atoms with E-state index in [4.69, 9.17) is 21.4 Å². The highest BCUT2D eigenvalue weighted by molar-refractivity contribution is 8.01. The maximum atomic E-state index is 12.8. The van der Waals surface area contributed by atoms with Crippen LogP contribution in [0, 0.1) is 0 Å². The number of carbonyl (C=O) groups excluding carboxylic acids is 1. The van der Waals surface area contributed by atoms with Crippen LogP contribution in [0.4, 0.5) is 5.69 Å². The Morgan fingerprint density at radius 2 is 2.08 bits per heavy atom. The third-order valence-electron chi connectivity index (χ3n) is 3.88. The van der Waals surface area contributed by atoms with Gasteiger partial charge in [0.1, 0.15) is 5.75 Å². The van der Waals surface area contributed by atoms with Gasteiger partial charge < -0.3 is 14.7 Å². The van der Waals surface area contributed by atoms with E-state index in [1.165, 1.54) is 11.8 Å². The van der Waals surface area contributed by atoms with Gasteiger partial charge in [0, 0.05) is 4.90 Å². The molecule has 1 unspecified atom stereocenters. The first kappa shape index (κ1) is 17.6. The minimum absolute atomic E-state index is 0.210. The number of hydrogen-bond acceptors (Lipinski definition) is 4. The van der Waals surface area contributed by atoms with Crippen molar-refractivity contribution in [2.75, 3.05) is 12.0 Å². The SMILES string of the molecule is COc1ccc(CN2C(=O)C(CC(=O)O)Sc3ccccc32)cc1Cl. The van der Waals surface area contributed by atoms with Crippen LogP contribution in [0.5, 0.6) is 5.75 Å². The number of thioether (sulfide) groups is 1. The second kappa shape index (κ2) is 7.37. The van der Waals surface area contributed by atoms with Crippen molar-refractivity contribution in [1.82, 2.24) is 0 Å². The smallest absolute Gasteiger partial charge is 0.305 e. The van der Waals surface area contributed by atoms with Gasteiger partial charge in [-0.3, -0.25) is 9.59 Å². The van der Waals surface area contributed by atoms with E-state index >= 15 is 0 Å². The molecule has 0 spiro atoms. The molecule has 0 bridgehead atoms. The Balaban J connectivity index is 1.93. The Morgan fingerprint density at radius 3 is 2.76 bits per heavy atom. The van der Waals surface area contributed by atoms with Crippen molar-refractivity contribution < 1.29 is 19.4 Å². The number of nitrogens with zero attached hydrogens (tertiary/aromatic N) is 1. The first-order valence-corrected chi connectivity index (χ1v) is 8.86. The van der Waals surface area contributed by atoms with E-state index in [0.717, 1.165) is 16.1 Å². The summed E-state index contributed by atoms with van der Waals surface area (Å²) in [6.45, 7) is 0.316. The van der Waals surface area contributed by atoms with E-state index in [9.17, 15) is 9.59 Å². The summed E-state index contributed by atoms with van der Waals surface area (Å²) in [5, 5.41) is 8.92. The quantitative estimate of drug-likeness (QED) is 0.857. The van der Waals surface area contributed by atoms with Crippen LogP contribution < -0.4 is 9.64 Å². The fourth-order valence-corrected chi connectivity index (χ4v) is 4.21. The highest BCUT2D eigenvalue weighted by atomic mass is 35.5. The molecule has 0 aliphatic carbocycles. The number of para-hydroxylation sites is 1. The number of rotatable bonds is 5. The molecule has 0 saturated heterocycles. The maximum Gasteiger partial charge on any atom is 0.305 e. The topological polar surface area (TPSA) is 66.8 Å². The van der Waals surface area contributed by atoms with Crippen LogP contribution in [0.2, 0.25) is 5.02 Å². The Bertz CT molecular complexity index is 826. The number of benzene rings is 2. The molecule has 0 saturated carbocycles. The van der Waals surface area contributed by atoms with Gasteiger partial charge in [-0.05, 0) is 29.8 Å². The molecule has 1 atom stereocenters. The zero-order valence-electron chi connectivity index (χ0n) is 13.4. The van der Waals surface area contributed by atoms with Crippen LogP contribution in [0.1, 0.15) is 12.0 Å². The molecule has 0 fully saturated rings. The van der Waals surface area contributed by atoms with Gasteiger partial charge in [-0.1, -0.05) is 29.8 Å². The number of anilines is 1. The molecule has 1 N–H and O–H groups in total. The Hall–Kier alpha value is -2.18. The first-order valence-electron chi connectivity index (χ1n) is 7.61. The van der Waals surface area contributed by atoms with Crippen LogP contribution in [-0.4, -0.2) is 29.3 Å². The first-order chi connectivity index (χ1) is 12.0. The van der Waals surface area contributed by atoms with Gasteiger partial charge in [-0.2, -0.15) is 0 Å². The molecule has 1 aliphatic heterocycles. The molecule has 0 radical (unpaired) electrons. The largest absolute Gasteiger partial charge is 0.495 e. The van der Waals surface area contributed by atoms with Crippen molar-refractivity contribution in [3.8, 4) is 5.75 Å². The van der Waals surface area contributed by atoms with Gasteiger partial charge in [-0.15, -0.1) is 11.8 Å². The van der Waals surface area contributed by atoms with E-state index in [1.54, 1.807) is 24.1 Å². The van der Waals surface area contributed by atoms with Crippen molar-refractivity contribution >= 4 is 40.9 Å². The van der Waals surface area contributed by atoms with Gasteiger partial charge in [0.15, 0.2) is 0 Å². The minimum atomic E-state index is -0.988. The molecular weight excluding hydrogens is 362 g/mol. The molecule has 2 aromatic rings. The Kier molecular flexibility index (Phi) is 5.20. The standard InChI is InChI=1S/C18H16ClNO4S/c1-24-14-7-6-11(8-12(14)19)10-20-13-4-2-3-5-15(13)25-16(18(20)23)9-17(21)22/h2-8,16H,9-10H2,1H3,(H,21,22). The number of carbonyl (C=O) groups is 2. The molecule has 3 rings (SSSR count). The highest BCUT2D eigenvalue weighted by Gasteiger charge is 2.34. The number of methoxy groups -OCH3 is 1. The third kappa shape index (κ3) is 3.75. The van der Waals surface area contributed by atoms with Crippen LogP contribution >= 0.6 is 23.4 Å². The molecule has 5 nitrogen and oxygen atoms in total. The molecule has 1 aliphatic rings. The summed E-state index contributed by atoms with van der Waals surface area (Å²) in [5.41, 5.74) is 1.63. The Labute approximate surface area is 154 Å². The van der Waals surface area contributed by atoms with Crippen molar-refractivity contribution in [2.45, 2.75) is 23.1 Å². The summed E-state index contributed by atoms with van der Waals surface area (Å²) < 4.78 is 5.15. The zero-order valence-corrected chi connectivity index (χ0v) is 15.0.